The highest BCUT2D eigenvalue weighted by molar-refractivity contribution is 7.98. The van der Waals surface area contributed by atoms with Gasteiger partial charge in [0.1, 0.15) is 0 Å². The van der Waals surface area contributed by atoms with E-state index in [0.29, 0.717) is 5.11 Å². The van der Waals surface area contributed by atoms with Gasteiger partial charge in [0, 0.05) is 43.5 Å². The molecule has 122 valence electrons. The van der Waals surface area contributed by atoms with Crippen LogP contribution in [0, 0.1) is 0 Å². The summed E-state index contributed by atoms with van der Waals surface area (Å²) < 4.78 is 0. The van der Waals surface area contributed by atoms with E-state index in [9.17, 15) is 0 Å². The number of benzene rings is 2. The van der Waals surface area contributed by atoms with E-state index in [2.05, 4.69) is 51.9 Å². The number of nitrogens with one attached hydrogen (secondary N) is 2. The molecule has 23 heavy (non-hydrogen) atoms. The van der Waals surface area contributed by atoms with Crippen molar-refractivity contribution in [3.8, 4) is 0 Å². The summed E-state index contributed by atoms with van der Waals surface area (Å²) in [6, 6.07) is 18.7. The number of rotatable bonds is 7. The van der Waals surface area contributed by atoms with Gasteiger partial charge in [-0.3, -0.25) is 0 Å². The molecule has 0 aromatic heterocycles. The summed E-state index contributed by atoms with van der Waals surface area (Å²) in [5, 5.41) is 7.12. The standard InChI is InChI=1S/C18H23N3S2/c1-21(2)17-10-8-16(9-11-17)20-18(22)19-12-13-23-14-15-6-4-3-5-7-15/h3-11H,12-14H2,1-2H3,(H2,19,20,22). The number of thiocarbonyl (C=S) groups is 1. The molecular formula is C18H23N3S2. The molecule has 0 fully saturated rings. The third-order valence-electron chi connectivity index (χ3n) is 3.29. The van der Waals surface area contributed by atoms with Crippen molar-refractivity contribution >= 4 is 40.5 Å². The maximum absolute atomic E-state index is 5.32. The lowest BCUT2D eigenvalue weighted by molar-refractivity contribution is 0.990. The summed E-state index contributed by atoms with van der Waals surface area (Å²) in [5.41, 5.74) is 3.54. The average molecular weight is 346 g/mol. The lowest BCUT2D eigenvalue weighted by Crippen LogP contribution is -2.30. The van der Waals surface area contributed by atoms with Crippen LogP contribution in [0.15, 0.2) is 54.6 Å². The maximum atomic E-state index is 5.32. The molecule has 0 heterocycles. The molecule has 2 N–H and O–H groups in total. The zero-order valence-corrected chi connectivity index (χ0v) is 15.2. The topological polar surface area (TPSA) is 27.3 Å². The Hall–Kier alpha value is -1.72. The second-order valence-corrected chi connectivity index (χ2v) is 6.87. The molecule has 0 aliphatic carbocycles. The van der Waals surface area contributed by atoms with Crippen LogP contribution in [0.5, 0.6) is 0 Å². The molecule has 0 spiro atoms. The van der Waals surface area contributed by atoms with Gasteiger partial charge >= 0.3 is 0 Å². The van der Waals surface area contributed by atoms with Crippen LogP contribution >= 0.6 is 24.0 Å². The second-order valence-electron chi connectivity index (χ2n) is 5.36. The third-order valence-corrected chi connectivity index (χ3v) is 4.56. The highest BCUT2D eigenvalue weighted by Crippen LogP contribution is 2.15. The van der Waals surface area contributed by atoms with Gasteiger partial charge in [-0.2, -0.15) is 11.8 Å². The molecule has 2 aromatic carbocycles. The van der Waals surface area contributed by atoms with Crippen molar-refractivity contribution in [2.24, 2.45) is 0 Å². The Kier molecular flexibility index (Phi) is 7.23. The predicted molar refractivity (Wildman–Crippen MR) is 108 cm³/mol. The zero-order valence-electron chi connectivity index (χ0n) is 13.6. The van der Waals surface area contributed by atoms with Crippen LogP contribution in [0.3, 0.4) is 0 Å². The largest absolute Gasteiger partial charge is 0.378 e. The molecule has 0 unspecified atom stereocenters. The van der Waals surface area contributed by atoms with E-state index >= 15 is 0 Å². The van der Waals surface area contributed by atoms with E-state index in [0.717, 1.165) is 23.7 Å². The molecule has 2 rings (SSSR count). The highest BCUT2D eigenvalue weighted by Gasteiger charge is 1.99. The van der Waals surface area contributed by atoms with Gasteiger partial charge in [0.25, 0.3) is 0 Å². The van der Waals surface area contributed by atoms with E-state index in [4.69, 9.17) is 12.2 Å². The average Bonchev–Trinajstić information content (AvgIpc) is 2.56. The fourth-order valence-electron chi connectivity index (χ4n) is 2.02. The quantitative estimate of drug-likeness (QED) is 0.585. The normalized spacial score (nSPS) is 10.2. The molecule has 5 heteroatoms. The van der Waals surface area contributed by atoms with Crippen molar-refractivity contribution in [1.82, 2.24) is 5.32 Å². The van der Waals surface area contributed by atoms with Gasteiger partial charge in [-0.1, -0.05) is 30.3 Å². The number of anilines is 2. The van der Waals surface area contributed by atoms with Gasteiger partial charge in [0.15, 0.2) is 5.11 Å². The van der Waals surface area contributed by atoms with Gasteiger partial charge < -0.3 is 15.5 Å². The Balaban J connectivity index is 1.63. The van der Waals surface area contributed by atoms with Crippen LogP contribution in [0.4, 0.5) is 11.4 Å². The minimum atomic E-state index is 0.669. The number of hydrogen-bond acceptors (Lipinski definition) is 3. The molecule has 0 bridgehead atoms. The molecule has 0 amide bonds. The van der Waals surface area contributed by atoms with Crippen molar-refractivity contribution in [1.29, 1.82) is 0 Å². The highest BCUT2D eigenvalue weighted by atomic mass is 32.2. The molecule has 0 aliphatic heterocycles. The van der Waals surface area contributed by atoms with Crippen LogP contribution in [0.1, 0.15) is 5.56 Å². The van der Waals surface area contributed by atoms with Gasteiger partial charge in [-0.25, -0.2) is 0 Å². The minimum absolute atomic E-state index is 0.669. The monoisotopic (exact) mass is 345 g/mol. The molecule has 0 atom stereocenters. The van der Waals surface area contributed by atoms with E-state index < -0.39 is 0 Å². The first kappa shape index (κ1) is 17.6. The lowest BCUT2D eigenvalue weighted by atomic mass is 10.2. The van der Waals surface area contributed by atoms with Gasteiger partial charge in [-0.05, 0) is 42.0 Å². The molecule has 0 aliphatic rings. The van der Waals surface area contributed by atoms with Crippen LogP contribution in [0.25, 0.3) is 0 Å². The van der Waals surface area contributed by atoms with Crippen molar-refractivity contribution in [2.45, 2.75) is 5.75 Å². The van der Waals surface area contributed by atoms with E-state index in [-0.39, 0.29) is 0 Å². The van der Waals surface area contributed by atoms with E-state index in [1.807, 2.05) is 44.1 Å². The van der Waals surface area contributed by atoms with Crippen molar-refractivity contribution in [3.05, 3.63) is 60.2 Å². The summed E-state index contributed by atoms with van der Waals surface area (Å²) in [5.74, 6) is 2.06. The summed E-state index contributed by atoms with van der Waals surface area (Å²) in [6.45, 7) is 0.860. The predicted octanol–water partition coefficient (Wildman–Crippen LogP) is 3.97. The molecular weight excluding hydrogens is 322 g/mol. The van der Waals surface area contributed by atoms with Crippen LogP contribution in [-0.4, -0.2) is 31.5 Å². The fraction of sp³-hybridized carbons (Fsp3) is 0.278. The Bertz CT molecular complexity index is 597. The number of thioether (sulfide) groups is 1. The Morgan fingerprint density at radius 3 is 2.39 bits per heavy atom. The summed E-state index contributed by atoms with van der Waals surface area (Å²) >= 11 is 7.23. The first-order valence-electron chi connectivity index (χ1n) is 7.59. The summed E-state index contributed by atoms with van der Waals surface area (Å²) in [6.07, 6.45) is 0. The third kappa shape index (κ3) is 6.50. The maximum Gasteiger partial charge on any atom is 0.170 e. The van der Waals surface area contributed by atoms with Gasteiger partial charge in [-0.15, -0.1) is 0 Å². The molecule has 3 nitrogen and oxygen atoms in total. The van der Waals surface area contributed by atoms with Gasteiger partial charge in [0.05, 0.1) is 0 Å². The van der Waals surface area contributed by atoms with Gasteiger partial charge in [0.2, 0.25) is 0 Å². The first-order valence-corrected chi connectivity index (χ1v) is 9.15. The Labute approximate surface area is 148 Å². The van der Waals surface area contributed by atoms with Crippen molar-refractivity contribution in [2.75, 3.05) is 36.6 Å². The second kappa shape index (κ2) is 9.43. The molecule has 0 radical (unpaired) electrons. The van der Waals surface area contributed by atoms with Crippen LogP contribution in [0.2, 0.25) is 0 Å². The number of nitrogens with zero attached hydrogens (tertiary/aromatic N) is 1. The van der Waals surface area contributed by atoms with Crippen LogP contribution < -0.4 is 15.5 Å². The van der Waals surface area contributed by atoms with Crippen LogP contribution in [-0.2, 0) is 5.75 Å². The summed E-state index contributed by atoms with van der Waals surface area (Å²) in [7, 11) is 4.06. The lowest BCUT2D eigenvalue weighted by Gasteiger charge is -2.14. The SMILES string of the molecule is CN(C)c1ccc(NC(=S)NCCSCc2ccccc2)cc1. The van der Waals surface area contributed by atoms with Crippen molar-refractivity contribution < 1.29 is 0 Å². The minimum Gasteiger partial charge on any atom is -0.378 e. The molecule has 2 aromatic rings. The first-order chi connectivity index (χ1) is 11.1. The number of hydrogen-bond donors (Lipinski definition) is 2. The Morgan fingerprint density at radius 1 is 1.04 bits per heavy atom. The smallest absolute Gasteiger partial charge is 0.170 e. The van der Waals surface area contributed by atoms with Crippen molar-refractivity contribution in [3.63, 3.8) is 0 Å². The Morgan fingerprint density at radius 2 is 1.74 bits per heavy atom. The molecule has 0 saturated heterocycles. The fourth-order valence-corrected chi connectivity index (χ4v) is 3.06. The molecule has 0 saturated carbocycles. The van der Waals surface area contributed by atoms with E-state index in [1.54, 1.807) is 0 Å². The zero-order chi connectivity index (χ0) is 16.5. The summed E-state index contributed by atoms with van der Waals surface area (Å²) in [4.78, 5) is 2.07. The van der Waals surface area contributed by atoms with E-state index in [1.165, 1.54) is 11.3 Å².